The Morgan fingerprint density at radius 3 is 2.30 bits per heavy atom. The highest BCUT2D eigenvalue weighted by atomic mass is 35.5. The molecule has 0 atom stereocenters. The quantitative estimate of drug-likeness (QED) is 0.269. The minimum Gasteiger partial charge on any atom is -0.490 e. The summed E-state index contributed by atoms with van der Waals surface area (Å²) < 4.78 is 11.7. The molecule has 3 aromatic rings. The van der Waals surface area contributed by atoms with E-state index in [1.807, 2.05) is 49.4 Å². The summed E-state index contributed by atoms with van der Waals surface area (Å²) in [7, 11) is 0. The van der Waals surface area contributed by atoms with Crippen LogP contribution in [0.3, 0.4) is 0 Å². The largest absolute Gasteiger partial charge is 0.490 e. The summed E-state index contributed by atoms with van der Waals surface area (Å²) in [6, 6.07) is 20.2. The zero-order valence-corrected chi connectivity index (χ0v) is 18.4. The summed E-state index contributed by atoms with van der Waals surface area (Å²) >= 11 is 18.1. The standard InChI is InChI=1S/C24H18Cl3NO2/c1-2-29-24-12-17(11-18(14-28)21-9-8-20(26)13-22(21)27)5-10-23(24)30-15-16-3-6-19(25)7-4-16/h3-13H,2,15H2,1H3/b18-11+. The van der Waals surface area contributed by atoms with E-state index in [2.05, 4.69) is 6.07 Å². The van der Waals surface area contributed by atoms with Crippen LogP contribution in [0.15, 0.2) is 60.7 Å². The van der Waals surface area contributed by atoms with E-state index >= 15 is 0 Å². The second kappa shape index (κ2) is 10.4. The van der Waals surface area contributed by atoms with Gasteiger partial charge in [-0.1, -0.05) is 59.1 Å². The number of allylic oxidation sites excluding steroid dienone is 1. The molecule has 0 saturated carbocycles. The van der Waals surface area contributed by atoms with Gasteiger partial charge in [-0.25, -0.2) is 0 Å². The summed E-state index contributed by atoms with van der Waals surface area (Å²) in [4.78, 5) is 0. The third-order valence-corrected chi connectivity index (χ3v) is 5.03. The molecule has 0 aromatic heterocycles. The van der Waals surface area contributed by atoms with Gasteiger partial charge in [-0.2, -0.15) is 5.26 Å². The van der Waals surface area contributed by atoms with Crippen LogP contribution < -0.4 is 9.47 Å². The van der Waals surface area contributed by atoms with Crippen molar-refractivity contribution >= 4 is 46.5 Å². The predicted octanol–water partition coefficient (Wildman–Crippen LogP) is 7.69. The molecule has 0 aliphatic rings. The lowest BCUT2D eigenvalue weighted by Crippen LogP contribution is -2.00. The fraction of sp³-hybridized carbons (Fsp3) is 0.125. The number of rotatable bonds is 7. The van der Waals surface area contributed by atoms with Gasteiger partial charge in [-0.05, 0) is 60.5 Å². The smallest absolute Gasteiger partial charge is 0.161 e. The molecule has 0 fully saturated rings. The van der Waals surface area contributed by atoms with Crippen molar-refractivity contribution in [2.24, 2.45) is 0 Å². The number of ether oxygens (including phenoxy) is 2. The molecule has 3 nitrogen and oxygen atoms in total. The fourth-order valence-electron chi connectivity index (χ4n) is 2.79. The molecule has 3 rings (SSSR count). The minimum absolute atomic E-state index is 0.385. The van der Waals surface area contributed by atoms with Gasteiger partial charge in [-0.15, -0.1) is 0 Å². The van der Waals surface area contributed by atoms with Gasteiger partial charge in [0.1, 0.15) is 6.61 Å². The van der Waals surface area contributed by atoms with Crippen LogP contribution in [-0.4, -0.2) is 6.61 Å². The van der Waals surface area contributed by atoms with Crippen LogP contribution in [0.2, 0.25) is 15.1 Å². The molecule has 6 heteroatoms. The van der Waals surface area contributed by atoms with Gasteiger partial charge in [0.25, 0.3) is 0 Å². The third-order valence-electron chi connectivity index (χ3n) is 4.23. The van der Waals surface area contributed by atoms with Gasteiger partial charge < -0.3 is 9.47 Å². The van der Waals surface area contributed by atoms with Crippen LogP contribution in [0.25, 0.3) is 11.6 Å². The highest BCUT2D eigenvalue weighted by Gasteiger charge is 2.10. The van der Waals surface area contributed by atoms with Gasteiger partial charge >= 0.3 is 0 Å². The minimum atomic E-state index is 0.385. The maximum Gasteiger partial charge on any atom is 0.161 e. The lowest BCUT2D eigenvalue weighted by atomic mass is 10.0. The predicted molar refractivity (Wildman–Crippen MR) is 123 cm³/mol. The number of nitrogens with zero attached hydrogens (tertiary/aromatic N) is 1. The number of nitriles is 1. The molecule has 30 heavy (non-hydrogen) atoms. The molecule has 0 aliphatic heterocycles. The van der Waals surface area contributed by atoms with Crippen molar-refractivity contribution in [2.75, 3.05) is 6.61 Å². The summed E-state index contributed by atoms with van der Waals surface area (Å²) in [6.07, 6.45) is 1.75. The number of hydrogen-bond donors (Lipinski definition) is 0. The van der Waals surface area contributed by atoms with E-state index in [4.69, 9.17) is 44.3 Å². The molecular formula is C24H18Cl3NO2. The lowest BCUT2D eigenvalue weighted by molar-refractivity contribution is 0.269. The summed E-state index contributed by atoms with van der Waals surface area (Å²) in [5.74, 6) is 1.21. The van der Waals surface area contributed by atoms with Crippen LogP contribution in [0.4, 0.5) is 0 Å². The first-order chi connectivity index (χ1) is 14.5. The Labute approximate surface area is 191 Å². The first-order valence-electron chi connectivity index (χ1n) is 9.21. The van der Waals surface area contributed by atoms with Gasteiger partial charge in [0.2, 0.25) is 0 Å². The molecule has 152 valence electrons. The van der Waals surface area contributed by atoms with Crippen LogP contribution in [0.1, 0.15) is 23.6 Å². The monoisotopic (exact) mass is 457 g/mol. The molecule has 0 unspecified atom stereocenters. The molecule has 0 saturated heterocycles. The van der Waals surface area contributed by atoms with E-state index in [0.717, 1.165) is 11.1 Å². The Balaban J connectivity index is 1.86. The zero-order chi connectivity index (χ0) is 21.5. The highest BCUT2D eigenvalue weighted by molar-refractivity contribution is 6.36. The van der Waals surface area contributed by atoms with E-state index in [0.29, 0.717) is 50.9 Å². The number of hydrogen-bond acceptors (Lipinski definition) is 3. The van der Waals surface area contributed by atoms with Crippen molar-refractivity contribution in [2.45, 2.75) is 13.5 Å². The van der Waals surface area contributed by atoms with Crippen LogP contribution >= 0.6 is 34.8 Å². The maximum atomic E-state index is 9.62. The van der Waals surface area contributed by atoms with Crippen LogP contribution in [0.5, 0.6) is 11.5 Å². The van der Waals surface area contributed by atoms with Crippen LogP contribution in [0, 0.1) is 11.3 Å². The Morgan fingerprint density at radius 2 is 1.63 bits per heavy atom. The number of halogens is 3. The normalized spacial score (nSPS) is 11.1. The van der Waals surface area contributed by atoms with Gasteiger partial charge in [-0.3, -0.25) is 0 Å². The number of benzene rings is 3. The van der Waals surface area contributed by atoms with E-state index in [1.165, 1.54) is 0 Å². The first kappa shape index (κ1) is 22.1. The molecule has 0 amide bonds. The van der Waals surface area contributed by atoms with Crippen molar-refractivity contribution in [3.63, 3.8) is 0 Å². The molecular weight excluding hydrogens is 441 g/mol. The highest BCUT2D eigenvalue weighted by Crippen LogP contribution is 2.32. The first-order valence-corrected chi connectivity index (χ1v) is 10.3. The van der Waals surface area contributed by atoms with Crippen molar-refractivity contribution in [3.8, 4) is 17.6 Å². The zero-order valence-electron chi connectivity index (χ0n) is 16.2. The Morgan fingerprint density at radius 1 is 0.900 bits per heavy atom. The molecule has 0 spiro atoms. The molecule has 0 aliphatic carbocycles. The van der Waals surface area contributed by atoms with Crippen LogP contribution in [-0.2, 0) is 6.61 Å². The molecule has 3 aromatic carbocycles. The Kier molecular flexibility index (Phi) is 7.65. The van der Waals surface area contributed by atoms with Gasteiger partial charge in [0.05, 0.1) is 23.3 Å². The van der Waals surface area contributed by atoms with E-state index in [-0.39, 0.29) is 0 Å². The van der Waals surface area contributed by atoms with Crippen molar-refractivity contribution in [3.05, 3.63) is 92.4 Å². The second-order valence-electron chi connectivity index (χ2n) is 6.35. The second-order valence-corrected chi connectivity index (χ2v) is 7.63. The molecule has 0 N–H and O–H groups in total. The summed E-state index contributed by atoms with van der Waals surface area (Å²) in [5, 5.41) is 11.2. The Hall–Kier alpha value is -2.64. The maximum absolute atomic E-state index is 9.62. The summed E-state index contributed by atoms with van der Waals surface area (Å²) in [5.41, 5.74) is 2.83. The van der Waals surface area contributed by atoms with Gasteiger partial charge in [0.15, 0.2) is 11.5 Å². The van der Waals surface area contributed by atoms with Crippen molar-refractivity contribution < 1.29 is 9.47 Å². The van der Waals surface area contributed by atoms with Crippen molar-refractivity contribution in [1.29, 1.82) is 5.26 Å². The summed E-state index contributed by atoms with van der Waals surface area (Å²) in [6.45, 7) is 2.77. The Bertz CT molecular complexity index is 1100. The molecule has 0 radical (unpaired) electrons. The van der Waals surface area contributed by atoms with Gasteiger partial charge in [0, 0.05) is 15.6 Å². The lowest BCUT2D eigenvalue weighted by Gasteiger charge is -2.13. The average Bonchev–Trinajstić information content (AvgIpc) is 2.73. The van der Waals surface area contributed by atoms with E-state index in [9.17, 15) is 5.26 Å². The van der Waals surface area contributed by atoms with E-state index < -0.39 is 0 Å². The van der Waals surface area contributed by atoms with Crippen molar-refractivity contribution in [1.82, 2.24) is 0 Å². The topological polar surface area (TPSA) is 42.2 Å². The molecule has 0 heterocycles. The SMILES string of the molecule is CCOc1cc(/C=C(\C#N)c2ccc(Cl)cc2Cl)ccc1OCc1ccc(Cl)cc1. The van der Waals surface area contributed by atoms with E-state index in [1.54, 1.807) is 24.3 Å². The fourth-order valence-corrected chi connectivity index (χ4v) is 3.42. The average molecular weight is 459 g/mol. The molecule has 0 bridgehead atoms. The third kappa shape index (κ3) is 5.70.